The number of carbonyl (C=O) groups excluding carboxylic acids is 1. The van der Waals surface area contributed by atoms with Gasteiger partial charge in [-0.15, -0.1) is 11.8 Å². The number of phenolic OH excluding ortho intramolecular Hbond substituents is 1. The SMILES string of the molecule is CC(=O)N(C)C.CSc1ccc(O)cc1. The smallest absolute Gasteiger partial charge is 0.218 e. The zero-order valence-electron chi connectivity index (χ0n) is 9.52. The van der Waals surface area contributed by atoms with Crippen LogP contribution in [0.3, 0.4) is 0 Å². The molecule has 84 valence electrons. The maximum atomic E-state index is 10.1. The van der Waals surface area contributed by atoms with Gasteiger partial charge in [0.05, 0.1) is 0 Å². The molecule has 0 heterocycles. The van der Waals surface area contributed by atoms with Crippen molar-refractivity contribution >= 4 is 17.7 Å². The van der Waals surface area contributed by atoms with Crippen LogP contribution in [0.15, 0.2) is 29.2 Å². The number of rotatable bonds is 1. The van der Waals surface area contributed by atoms with Crippen LogP contribution in [0.4, 0.5) is 0 Å². The summed E-state index contributed by atoms with van der Waals surface area (Å²) in [5.74, 6) is 0.419. The van der Waals surface area contributed by atoms with Crippen molar-refractivity contribution in [3.05, 3.63) is 24.3 Å². The lowest BCUT2D eigenvalue weighted by Crippen LogP contribution is -2.17. The lowest BCUT2D eigenvalue weighted by atomic mass is 10.3. The minimum absolute atomic E-state index is 0.0926. The van der Waals surface area contributed by atoms with Gasteiger partial charge in [0.1, 0.15) is 5.75 Å². The molecule has 1 rings (SSSR count). The second-order valence-corrected chi connectivity index (χ2v) is 3.99. The molecule has 3 nitrogen and oxygen atoms in total. The zero-order valence-corrected chi connectivity index (χ0v) is 10.3. The van der Waals surface area contributed by atoms with Crippen molar-refractivity contribution in [3.8, 4) is 5.75 Å². The van der Waals surface area contributed by atoms with Crippen LogP contribution in [0.5, 0.6) is 5.75 Å². The summed E-state index contributed by atoms with van der Waals surface area (Å²) >= 11 is 1.67. The molecule has 0 atom stereocenters. The van der Waals surface area contributed by atoms with Crippen molar-refractivity contribution < 1.29 is 9.90 Å². The van der Waals surface area contributed by atoms with Crippen molar-refractivity contribution in [1.29, 1.82) is 0 Å². The lowest BCUT2D eigenvalue weighted by molar-refractivity contribution is -0.126. The van der Waals surface area contributed by atoms with Crippen LogP contribution in [0.2, 0.25) is 0 Å². The number of thioether (sulfide) groups is 1. The number of amides is 1. The maximum Gasteiger partial charge on any atom is 0.218 e. The minimum atomic E-state index is 0.0926. The fourth-order valence-corrected chi connectivity index (χ4v) is 0.990. The molecular formula is C11H17NO2S. The first kappa shape index (κ1) is 13.8. The molecule has 0 fully saturated rings. The van der Waals surface area contributed by atoms with Crippen molar-refractivity contribution in [3.63, 3.8) is 0 Å². The van der Waals surface area contributed by atoms with Gasteiger partial charge in [0, 0.05) is 25.9 Å². The molecule has 0 aliphatic carbocycles. The molecule has 0 aliphatic rings. The summed E-state index contributed by atoms with van der Waals surface area (Å²) in [6.45, 7) is 1.53. The Bertz CT molecular complexity index is 296. The Balaban J connectivity index is 0.000000288. The van der Waals surface area contributed by atoms with E-state index in [1.165, 1.54) is 16.7 Å². The number of hydrogen-bond donors (Lipinski definition) is 1. The largest absolute Gasteiger partial charge is 0.508 e. The minimum Gasteiger partial charge on any atom is -0.508 e. The number of carbonyl (C=O) groups is 1. The van der Waals surface area contributed by atoms with Gasteiger partial charge in [-0.1, -0.05) is 0 Å². The Kier molecular flexibility index (Phi) is 6.62. The number of phenols is 1. The second-order valence-electron chi connectivity index (χ2n) is 3.11. The molecule has 0 saturated heterocycles. The summed E-state index contributed by atoms with van der Waals surface area (Å²) in [5, 5.41) is 8.84. The van der Waals surface area contributed by atoms with Gasteiger partial charge in [0.2, 0.25) is 5.91 Å². The summed E-state index contributed by atoms with van der Waals surface area (Å²) in [4.78, 5) is 12.8. The second kappa shape index (κ2) is 7.17. The molecule has 0 aromatic heterocycles. The first-order valence-electron chi connectivity index (χ1n) is 4.48. The average molecular weight is 227 g/mol. The molecule has 1 aromatic rings. The molecule has 15 heavy (non-hydrogen) atoms. The van der Waals surface area contributed by atoms with Crippen molar-refractivity contribution in [1.82, 2.24) is 4.90 Å². The number of benzene rings is 1. The van der Waals surface area contributed by atoms with Gasteiger partial charge in [-0.2, -0.15) is 0 Å². The number of nitrogens with zero attached hydrogens (tertiary/aromatic N) is 1. The molecule has 1 N–H and O–H groups in total. The monoisotopic (exact) mass is 227 g/mol. The van der Waals surface area contributed by atoms with E-state index in [-0.39, 0.29) is 5.91 Å². The van der Waals surface area contributed by atoms with E-state index in [1.54, 1.807) is 38.0 Å². The van der Waals surface area contributed by atoms with Crippen molar-refractivity contribution in [2.45, 2.75) is 11.8 Å². The third kappa shape index (κ3) is 6.85. The number of hydrogen-bond acceptors (Lipinski definition) is 3. The van der Waals surface area contributed by atoms with Crippen LogP contribution >= 0.6 is 11.8 Å². The number of aromatic hydroxyl groups is 1. The van der Waals surface area contributed by atoms with Gasteiger partial charge in [-0.3, -0.25) is 4.79 Å². The normalized spacial score (nSPS) is 8.80. The predicted octanol–water partition coefficient (Wildman–Crippen LogP) is 2.21. The molecule has 0 bridgehead atoms. The summed E-state index contributed by atoms with van der Waals surface area (Å²) in [5.41, 5.74) is 0. The summed E-state index contributed by atoms with van der Waals surface area (Å²) in [6.07, 6.45) is 2.01. The van der Waals surface area contributed by atoms with E-state index in [0.717, 1.165) is 0 Å². The molecule has 0 spiro atoms. The topological polar surface area (TPSA) is 40.5 Å². The van der Waals surface area contributed by atoms with E-state index in [1.807, 2.05) is 18.4 Å². The fourth-order valence-electron chi connectivity index (χ4n) is 0.582. The molecule has 1 aromatic carbocycles. The molecule has 0 aliphatic heterocycles. The van der Waals surface area contributed by atoms with Crippen LogP contribution in [0, 0.1) is 0 Å². The highest BCUT2D eigenvalue weighted by Crippen LogP contribution is 2.17. The van der Waals surface area contributed by atoms with Crippen LogP contribution in [-0.4, -0.2) is 36.3 Å². The highest BCUT2D eigenvalue weighted by molar-refractivity contribution is 7.98. The van der Waals surface area contributed by atoms with E-state index < -0.39 is 0 Å². The Morgan fingerprint density at radius 3 is 1.93 bits per heavy atom. The maximum absolute atomic E-state index is 10.1. The molecule has 4 heteroatoms. The van der Waals surface area contributed by atoms with E-state index in [0.29, 0.717) is 5.75 Å². The Hall–Kier alpha value is -1.16. The van der Waals surface area contributed by atoms with Gasteiger partial charge in [-0.25, -0.2) is 0 Å². The van der Waals surface area contributed by atoms with E-state index in [9.17, 15) is 4.79 Å². The molecule has 1 amide bonds. The summed E-state index contributed by atoms with van der Waals surface area (Å²) in [7, 11) is 3.45. The van der Waals surface area contributed by atoms with E-state index in [2.05, 4.69) is 0 Å². The highest BCUT2D eigenvalue weighted by atomic mass is 32.2. The standard InChI is InChI=1S/C7H8OS.C4H9NO/c1-9-7-4-2-6(8)3-5-7;1-4(6)5(2)3/h2-5,8H,1H3;1-3H3. The average Bonchev–Trinajstić information content (AvgIpc) is 2.20. The molecule has 0 unspecified atom stereocenters. The summed E-state index contributed by atoms with van der Waals surface area (Å²) in [6, 6.07) is 7.15. The van der Waals surface area contributed by atoms with Gasteiger partial charge in [0.15, 0.2) is 0 Å². The molecular weight excluding hydrogens is 210 g/mol. The first-order chi connectivity index (χ1) is 6.97. The van der Waals surface area contributed by atoms with Gasteiger partial charge >= 0.3 is 0 Å². The third-order valence-corrected chi connectivity index (χ3v) is 2.45. The third-order valence-electron chi connectivity index (χ3n) is 1.70. The lowest BCUT2D eigenvalue weighted by Gasteiger charge is -2.02. The molecule has 0 saturated carbocycles. The van der Waals surface area contributed by atoms with Gasteiger partial charge < -0.3 is 10.0 Å². The zero-order chi connectivity index (χ0) is 11.8. The predicted molar refractivity (Wildman–Crippen MR) is 64.3 cm³/mol. The van der Waals surface area contributed by atoms with Crippen molar-refractivity contribution in [2.75, 3.05) is 20.4 Å². The van der Waals surface area contributed by atoms with Gasteiger partial charge in [-0.05, 0) is 30.5 Å². The van der Waals surface area contributed by atoms with Crippen LogP contribution in [0.25, 0.3) is 0 Å². The van der Waals surface area contributed by atoms with E-state index in [4.69, 9.17) is 5.11 Å². The quantitative estimate of drug-likeness (QED) is 0.748. The first-order valence-corrected chi connectivity index (χ1v) is 5.70. The Labute approximate surface area is 95.1 Å². The highest BCUT2D eigenvalue weighted by Gasteiger charge is 1.87. The van der Waals surface area contributed by atoms with Crippen LogP contribution < -0.4 is 0 Å². The Morgan fingerprint density at radius 1 is 1.27 bits per heavy atom. The van der Waals surface area contributed by atoms with Crippen LogP contribution in [-0.2, 0) is 4.79 Å². The van der Waals surface area contributed by atoms with Crippen LogP contribution in [0.1, 0.15) is 6.92 Å². The van der Waals surface area contributed by atoms with Gasteiger partial charge in [0.25, 0.3) is 0 Å². The molecule has 0 radical (unpaired) electrons. The van der Waals surface area contributed by atoms with Crippen molar-refractivity contribution in [2.24, 2.45) is 0 Å². The summed E-state index contributed by atoms with van der Waals surface area (Å²) < 4.78 is 0. The Morgan fingerprint density at radius 2 is 1.67 bits per heavy atom. The fraction of sp³-hybridized carbons (Fsp3) is 0.364. The van der Waals surface area contributed by atoms with E-state index >= 15 is 0 Å².